The maximum atomic E-state index is 11.0. The van der Waals surface area contributed by atoms with Crippen molar-refractivity contribution in [2.24, 2.45) is 0 Å². The Morgan fingerprint density at radius 2 is 2.15 bits per heavy atom. The lowest BCUT2D eigenvalue weighted by molar-refractivity contribution is -0.385. The predicted octanol–water partition coefficient (Wildman–Crippen LogP) is 1.58. The standard InChI is InChI=1S/C12H14N2O5S/c1-7-3-4-9(14(18)19)5-11(7)20-6-10(12(16)17)13-8(2)15/h3-5,10H,6H2,1-2H3,(H,13,15)(H,16,17)/t10-/m0/s1. The number of amides is 1. The molecule has 0 aliphatic carbocycles. The van der Waals surface area contributed by atoms with E-state index in [1.807, 2.05) is 0 Å². The van der Waals surface area contributed by atoms with Gasteiger partial charge in [0.05, 0.1) is 4.92 Å². The van der Waals surface area contributed by atoms with Gasteiger partial charge < -0.3 is 10.4 Å². The number of aliphatic carboxylic acids is 1. The van der Waals surface area contributed by atoms with E-state index in [2.05, 4.69) is 5.32 Å². The molecule has 0 aliphatic heterocycles. The Bertz CT molecular complexity index is 547. The lowest BCUT2D eigenvalue weighted by Gasteiger charge is -2.13. The number of carboxylic acids is 1. The van der Waals surface area contributed by atoms with E-state index < -0.39 is 22.8 Å². The average molecular weight is 298 g/mol. The van der Waals surface area contributed by atoms with Crippen LogP contribution in [0.4, 0.5) is 5.69 Å². The van der Waals surface area contributed by atoms with Crippen LogP contribution in [0.25, 0.3) is 0 Å². The average Bonchev–Trinajstić information content (AvgIpc) is 2.35. The zero-order valence-corrected chi connectivity index (χ0v) is 11.8. The van der Waals surface area contributed by atoms with Gasteiger partial charge in [0.15, 0.2) is 0 Å². The highest BCUT2D eigenvalue weighted by Crippen LogP contribution is 2.27. The van der Waals surface area contributed by atoms with Crippen LogP contribution in [0, 0.1) is 17.0 Å². The molecule has 8 heteroatoms. The maximum absolute atomic E-state index is 11.0. The van der Waals surface area contributed by atoms with E-state index in [9.17, 15) is 19.7 Å². The second-order valence-corrected chi connectivity index (χ2v) is 5.17. The van der Waals surface area contributed by atoms with E-state index in [1.54, 1.807) is 13.0 Å². The monoisotopic (exact) mass is 298 g/mol. The van der Waals surface area contributed by atoms with Gasteiger partial charge in [-0.15, -0.1) is 11.8 Å². The molecule has 1 aromatic rings. The molecule has 0 aliphatic rings. The number of carbonyl (C=O) groups is 2. The number of nitro groups is 1. The first-order valence-corrected chi connectivity index (χ1v) is 6.67. The molecule has 0 saturated heterocycles. The summed E-state index contributed by atoms with van der Waals surface area (Å²) in [5.74, 6) is -1.48. The molecule has 20 heavy (non-hydrogen) atoms. The van der Waals surface area contributed by atoms with Gasteiger partial charge in [0.25, 0.3) is 5.69 Å². The van der Waals surface area contributed by atoms with Gasteiger partial charge in [-0.25, -0.2) is 4.79 Å². The molecule has 0 saturated carbocycles. The summed E-state index contributed by atoms with van der Waals surface area (Å²) in [6.45, 7) is 3.01. The number of benzene rings is 1. The quantitative estimate of drug-likeness (QED) is 0.469. The molecule has 0 aromatic heterocycles. The van der Waals surface area contributed by atoms with Gasteiger partial charge in [0, 0.05) is 29.7 Å². The van der Waals surface area contributed by atoms with E-state index >= 15 is 0 Å². The molecule has 1 rings (SSSR count). The van der Waals surface area contributed by atoms with E-state index in [0.29, 0.717) is 4.90 Å². The van der Waals surface area contributed by atoms with E-state index in [-0.39, 0.29) is 11.4 Å². The summed E-state index contributed by atoms with van der Waals surface area (Å²) in [5, 5.41) is 22.0. The number of aryl methyl sites for hydroxylation is 1. The number of non-ortho nitro benzene ring substituents is 1. The molecule has 0 fully saturated rings. The van der Waals surface area contributed by atoms with Crippen LogP contribution in [-0.4, -0.2) is 33.7 Å². The Hall–Kier alpha value is -2.09. The van der Waals surface area contributed by atoms with Crippen molar-refractivity contribution in [3.05, 3.63) is 33.9 Å². The van der Waals surface area contributed by atoms with Gasteiger partial charge >= 0.3 is 5.97 Å². The first kappa shape index (κ1) is 16.0. The molecule has 1 atom stereocenters. The smallest absolute Gasteiger partial charge is 0.327 e. The van der Waals surface area contributed by atoms with Gasteiger partial charge in [-0.3, -0.25) is 14.9 Å². The number of carboxylic acid groups (broad SMARTS) is 1. The summed E-state index contributed by atoms with van der Waals surface area (Å²) >= 11 is 1.16. The Kier molecular flexibility index (Phi) is 5.51. The van der Waals surface area contributed by atoms with Crippen LogP contribution in [-0.2, 0) is 9.59 Å². The summed E-state index contributed by atoms with van der Waals surface area (Å²) in [4.78, 5) is 32.7. The van der Waals surface area contributed by atoms with Crippen LogP contribution >= 0.6 is 11.8 Å². The first-order chi connectivity index (χ1) is 9.31. The third-order valence-corrected chi connectivity index (χ3v) is 3.71. The van der Waals surface area contributed by atoms with Crippen molar-refractivity contribution in [1.82, 2.24) is 5.32 Å². The van der Waals surface area contributed by atoms with Gasteiger partial charge in [-0.2, -0.15) is 0 Å². The molecule has 1 aromatic carbocycles. The van der Waals surface area contributed by atoms with Gasteiger partial charge in [0.1, 0.15) is 6.04 Å². The first-order valence-electron chi connectivity index (χ1n) is 5.69. The fourth-order valence-corrected chi connectivity index (χ4v) is 2.52. The molecule has 0 heterocycles. The molecule has 1 amide bonds. The second kappa shape index (κ2) is 6.90. The Morgan fingerprint density at radius 3 is 2.65 bits per heavy atom. The SMILES string of the molecule is CC(=O)N[C@@H](CSc1cc([N+](=O)[O-])ccc1C)C(=O)O. The second-order valence-electron chi connectivity index (χ2n) is 4.11. The Balaban J connectivity index is 2.81. The number of rotatable bonds is 6. The van der Waals surface area contributed by atoms with Crippen LogP contribution < -0.4 is 5.32 Å². The molecular weight excluding hydrogens is 284 g/mol. The molecule has 0 unspecified atom stereocenters. The van der Waals surface area contributed by atoms with E-state index in [4.69, 9.17) is 5.11 Å². The largest absolute Gasteiger partial charge is 0.480 e. The van der Waals surface area contributed by atoms with Crippen molar-refractivity contribution in [3.8, 4) is 0 Å². The van der Waals surface area contributed by atoms with Crippen LogP contribution in [0.2, 0.25) is 0 Å². The highest BCUT2D eigenvalue weighted by atomic mass is 32.2. The van der Waals surface area contributed by atoms with Gasteiger partial charge in [0.2, 0.25) is 5.91 Å². The van der Waals surface area contributed by atoms with E-state index in [0.717, 1.165) is 17.3 Å². The van der Waals surface area contributed by atoms with Crippen molar-refractivity contribution >= 4 is 29.3 Å². The minimum Gasteiger partial charge on any atom is -0.480 e. The topological polar surface area (TPSA) is 110 Å². The number of carbonyl (C=O) groups excluding carboxylic acids is 1. The lowest BCUT2D eigenvalue weighted by Crippen LogP contribution is -2.41. The lowest BCUT2D eigenvalue weighted by atomic mass is 10.2. The van der Waals surface area contributed by atoms with Crippen molar-refractivity contribution in [2.45, 2.75) is 24.8 Å². The van der Waals surface area contributed by atoms with Gasteiger partial charge in [-0.1, -0.05) is 6.07 Å². The fraction of sp³-hybridized carbons (Fsp3) is 0.333. The predicted molar refractivity (Wildman–Crippen MR) is 73.8 cm³/mol. The fourth-order valence-electron chi connectivity index (χ4n) is 1.45. The summed E-state index contributed by atoms with van der Waals surface area (Å²) in [6.07, 6.45) is 0. The molecule has 2 N–H and O–H groups in total. The van der Waals surface area contributed by atoms with Gasteiger partial charge in [-0.05, 0) is 12.5 Å². The molecular formula is C12H14N2O5S. The number of hydrogen-bond donors (Lipinski definition) is 2. The zero-order valence-electron chi connectivity index (χ0n) is 11.0. The van der Waals surface area contributed by atoms with Crippen LogP contribution in [0.3, 0.4) is 0 Å². The number of nitrogens with one attached hydrogen (secondary N) is 1. The normalized spacial score (nSPS) is 11.7. The maximum Gasteiger partial charge on any atom is 0.327 e. The van der Waals surface area contributed by atoms with Crippen molar-refractivity contribution in [1.29, 1.82) is 0 Å². The minimum atomic E-state index is -1.14. The summed E-state index contributed by atoms with van der Waals surface area (Å²) in [5.41, 5.74) is 0.761. The number of hydrogen-bond acceptors (Lipinski definition) is 5. The highest BCUT2D eigenvalue weighted by Gasteiger charge is 2.19. The molecule has 0 spiro atoms. The van der Waals surface area contributed by atoms with Crippen LogP contribution in [0.15, 0.2) is 23.1 Å². The molecule has 0 radical (unpaired) electrons. The Morgan fingerprint density at radius 1 is 1.50 bits per heavy atom. The molecule has 108 valence electrons. The highest BCUT2D eigenvalue weighted by molar-refractivity contribution is 7.99. The Labute approximate surface area is 119 Å². The minimum absolute atomic E-state index is 0.0514. The number of nitrogens with zero attached hydrogens (tertiary/aromatic N) is 1. The van der Waals surface area contributed by atoms with Crippen molar-refractivity contribution in [3.63, 3.8) is 0 Å². The molecule has 7 nitrogen and oxygen atoms in total. The third-order valence-electron chi connectivity index (χ3n) is 2.46. The summed E-state index contributed by atoms with van der Waals surface area (Å²) in [7, 11) is 0. The van der Waals surface area contributed by atoms with E-state index in [1.165, 1.54) is 19.1 Å². The van der Waals surface area contributed by atoms with Crippen LogP contribution in [0.1, 0.15) is 12.5 Å². The third kappa shape index (κ3) is 4.54. The summed E-state index contributed by atoms with van der Waals surface area (Å²) in [6, 6.07) is 3.36. The zero-order chi connectivity index (χ0) is 15.3. The number of thioether (sulfide) groups is 1. The van der Waals surface area contributed by atoms with Crippen molar-refractivity contribution in [2.75, 3.05) is 5.75 Å². The summed E-state index contributed by atoms with van der Waals surface area (Å²) < 4.78 is 0. The van der Waals surface area contributed by atoms with Crippen molar-refractivity contribution < 1.29 is 19.6 Å². The molecule has 0 bridgehead atoms. The van der Waals surface area contributed by atoms with Crippen LogP contribution in [0.5, 0.6) is 0 Å². The number of nitro benzene ring substituents is 1.